The fraction of sp³-hybridized carbons (Fsp3) is 0.462. The highest BCUT2D eigenvalue weighted by Crippen LogP contribution is 2.40. The molecule has 1 saturated heterocycles. The average molecular weight is 439 g/mol. The van der Waals surface area contributed by atoms with Crippen LogP contribution in [-0.2, 0) is 4.79 Å². The number of likely N-dealkylation sites (tertiary alicyclic amines) is 1. The van der Waals surface area contributed by atoms with Crippen LogP contribution in [0.4, 0.5) is 0 Å². The van der Waals surface area contributed by atoms with Crippen molar-refractivity contribution in [1.82, 2.24) is 4.90 Å². The van der Waals surface area contributed by atoms with Crippen LogP contribution in [0.3, 0.4) is 0 Å². The van der Waals surface area contributed by atoms with Gasteiger partial charge in [0.1, 0.15) is 11.5 Å². The van der Waals surface area contributed by atoms with E-state index in [9.17, 15) is 9.59 Å². The molecule has 0 bridgehead atoms. The van der Waals surface area contributed by atoms with Crippen LogP contribution in [0.15, 0.2) is 36.4 Å². The molecule has 0 saturated carbocycles. The monoisotopic (exact) mass is 438 g/mol. The standard InChI is InChI=1S/C26H34N2O4/c1-16-10-17(2)15-28(14-16)24(29)13-22(19-6-8-20(9-7-19)26(27)30)25-18(3)11-21(31-4)12-23(25)32-5/h6-9,11-12,16-17,22H,10,13-15H2,1-5H3,(H2,27,30). The summed E-state index contributed by atoms with van der Waals surface area (Å²) in [5.41, 5.74) is 8.74. The van der Waals surface area contributed by atoms with E-state index in [-0.39, 0.29) is 11.8 Å². The third kappa shape index (κ3) is 5.23. The SMILES string of the molecule is COc1cc(C)c(C(CC(=O)N2CC(C)CC(C)C2)c2ccc(C(N)=O)cc2)c(OC)c1. The number of amides is 2. The fourth-order valence-electron chi connectivity index (χ4n) is 4.90. The molecule has 3 rings (SSSR count). The van der Waals surface area contributed by atoms with Gasteiger partial charge in [0, 0.05) is 42.6 Å². The van der Waals surface area contributed by atoms with Gasteiger partial charge in [-0.1, -0.05) is 26.0 Å². The Morgan fingerprint density at radius 2 is 1.69 bits per heavy atom. The molecule has 2 aromatic carbocycles. The van der Waals surface area contributed by atoms with Gasteiger partial charge in [0.2, 0.25) is 11.8 Å². The first-order valence-electron chi connectivity index (χ1n) is 11.1. The van der Waals surface area contributed by atoms with Crippen LogP contribution in [0.5, 0.6) is 11.5 Å². The molecule has 0 radical (unpaired) electrons. The summed E-state index contributed by atoms with van der Waals surface area (Å²) in [5, 5.41) is 0. The van der Waals surface area contributed by atoms with E-state index in [4.69, 9.17) is 15.2 Å². The Morgan fingerprint density at radius 1 is 1.06 bits per heavy atom. The summed E-state index contributed by atoms with van der Waals surface area (Å²) < 4.78 is 11.1. The molecule has 2 N–H and O–H groups in total. The lowest BCUT2D eigenvalue weighted by atomic mass is 9.83. The van der Waals surface area contributed by atoms with Crippen molar-refractivity contribution in [1.29, 1.82) is 0 Å². The van der Waals surface area contributed by atoms with Crippen LogP contribution in [-0.4, -0.2) is 44.0 Å². The van der Waals surface area contributed by atoms with E-state index in [1.54, 1.807) is 26.4 Å². The highest BCUT2D eigenvalue weighted by molar-refractivity contribution is 5.92. The van der Waals surface area contributed by atoms with Crippen molar-refractivity contribution in [3.8, 4) is 11.5 Å². The Labute approximate surface area is 190 Å². The van der Waals surface area contributed by atoms with Crippen molar-refractivity contribution < 1.29 is 19.1 Å². The number of rotatable bonds is 7. The van der Waals surface area contributed by atoms with Gasteiger partial charge in [-0.15, -0.1) is 0 Å². The summed E-state index contributed by atoms with van der Waals surface area (Å²) in [7, 11) is 3.25. The number of hydrogen-bond acceptors (Lipinski definition) is 4. The van der Waals surface area contributed by atoms with E-state index in [1.165, 1.54) is 0 Å². The number of aryl methyl sites for hydroxylation is 1. The summed E-state index contributed by atoms with van der Waals surface area (Å²) in [4.78, 5) is 27.0. The summed E-state index contributed by atoms with van der Waals surface area (Å²) in [6, 6.07) is 11.0. The maximum Gasteiger partial charge on any atom is 0.248 e. The molecule has 1 aliphatic rings. The fourth-order valence-corrected chi connectivity index (χ4v) is 4.90. The normalized spacial score (nSPS) is 19.3. The van der Waals surface area contributed by atoms with Crippen LogP contribution < -0.4 is 15.2 Å². The lowest BCUT2D eigenvalue weighted by Gasteiger charge is -2.36. The quantitative estimate of drug-likeness (QED) is 0.704. The average Bonchev–Trinajstić information content (AvgIpc) is 2.76. The Balaban J connectivity index is 2.02. The van der Waals surface area contributed by atoms with Crippen LogP contribution >= 0.6 is 0 Å². The largest absolute Gasteiger partial charge is 0.497 e. The lowest BCUT2D eigenvalue weighted by Crippen LogP contribution is -2.43. The molecule has 2 amide bonds. The molecule has 0 spiro atoms. The van der Waals surface area contributed by atoms with Gasteiger partial charge < -0.3 is 20.1 Å². The van der Waals surface area contributed by atoms with E-state index in [0.29, 0.717) is 35.3 Å². The summed E-state index contributed by atoms with van der Waals surface area (Å²) >= 11 is 0. The maximum atomic E-state index is 13.4. The minimum atomic E-state index is -0.473. The van der Waals surface area contributed by atoms with Gasteiger partial charge in [-0.05, 0) is 54.5 Å². The minimum Gasteiger partial charge on any atom is -0.497 e. The van der Waals surface area contributed by atoms with Gasteiger partial charge >= 0.3 is 0 Å². The second-order valence-electron chi connectivity index (χ2n) is 9.05. The predicted molar refractivity (Wildman–Crippen MR) is 125 cm³/mol. The van der Waals surface area contributed by atoms with Crippen molar-refractivity contribution >= 4 is 11.8 Å². The predicted octanol–water partition coefficient (Wildman–Crippen LogP) is 4.14. The molecule has 172 valence electrons. The summed E-state index contributed by atoms with van der Waals surface area (Å²) in [5.74, 6) is 1.80. The summed E-state index contributed by atoms with van der Waals surface area (Å²) in [6.45, 7) is 7.98. The second-order valence-corrected chi connectivity index (χ2v) is 9.05. The number of piperidine rings is 1. The highest BCUT2D eigenvalue weighted by atomic mass is 16.5. The van der Waals surface area contributed by atoms with Gasteiger partial charge in [-0.25, -0.2) is 0 Å². The zero-order valence-electron chi connectivity index (χ0n) is 19.7. The van der Waals surface area contributed by atoms with E-state index in [2.05, 4.69) is 13.8 Å². The Hall–Kier alpha value is -3.02. The Morgan fingerprint density at radius 3 is 2.22 bits per heavy atom. The first-order chi connectivity index (χ1) is 15.2. The third-order valence-electron chi connectivity index (χ3n) is 6.32. The zero-order chi connectivity index (χ0) is 23.4. The molecule has 2 aromatic rings. The first-order valence-corrected chi connectivity index (χ1v) is 11.1. The van der Waals surface area contributed by atoms with Crippen molar-refractivity contribution in [3.05, 3.63) is 58.7 Å². The lowest BCUT2D eigenvalue weighted by molar-refractivity contribution is -0.134. The van der Waals surface area contributed by atoms with Crippen LogP contribution in [0.25, 0.3) is 0 Å². The third-order valence-corrected chi connectivity index (χ3v) is 6.32. The molecule has 32 heavy (non-hydrogen) atoms. The molecule has 3 unspecified atom stereocenters. The van der Waals surface area contributed by atoms with Crippen molar-refractivity contribution in [2.75, 3.05) is 27.3 Å². The van der Waals surface area contributed by atoms with E-state index >= 15 is 0 Å². The summed E-state index contributed by atoms with van der Waals surface area (Å²) in [6.07, 6.45) is 1.46. The molecule has 1 aliphatic heterocycles. The van der Waals surface area contributed by atoms with Gasteiger partial charge in [0.15, 0.2) is 0 Å². The number of carbonyl (C=O) groups excluding carboxylic acids is 2. The van der Waals surface area contributed by atoms with Crippen molar-refractivity contribution in [3.63, 3.8) is 0 Å². The number of carbonyl (C=O) groups is 2. The molecule has 6 heteroatoms. The van der Waals surface area contributed by atoms with Crippen LogP contribution in [0.1, 0.15) is 59.7 Å². The van der Waals surface area contributed by atoms with Gasteiger partial charge in [0.25, 0.3) is 0 Å². The first kappa shape index (κ1) is 23.6. The van der Waals surface area contributed by atoms with E-state index in [1.807, 2.05) is 36.1 Å². The maximum absolute atomic E-state index is 13.4. The van der Waals surface area contributed by atoms with Crippen LogP contribution in [0.2, 0.25) is 0 Å². The number of nitrogens with zero attached hydrogens (tertiary/aromatic N) is 1. The van der Waals surface area contributed by atoms with Crippen molar-refractivity contribution in [2.45, 2.75) is 39.5 Å². The molecule has 6 nitrogen and oxygen atoms in total. The molecular weight excluding hydrogens is 404 g/mol. The number of hydrogen-bond donors (Lipinski definition) is 1. The highest BCUT2D eigenvalue weighted by Gasteiger charge is 2.30. The van der Waals surface area contributed by atoms with Gasteiger partial charge in [-0.2, -0.15) is 0 Å². The van der Waals surface area contributed by atoms with Gasteiger partial charge in [-0.3, -0.25) is 9.59 Å². The molecule has 3 atom stereocenters. The smallest absolute Gasteiger partial charge is 0.248 e. The number of methoxy groups -OCH3 is 2. The molecule has 1 fully saturated rings. The van der Waals surface area contributed by atoms with Gasteiger partial charge in [0.05, 0.1) is 14.2 Å². The van der Waals surface area contributed by atoms with Crippen molar-refractivity contribution in [2.24, 2.45) is 17.6 Å². The zero-order valence-corrected chi connectivity index (χ0v) is 19.7. The number of nitrogens with two attached hydrogens (primary N) is 1. The number of primary amides is 1. The topological polar surface area (TPSA) is 81.9 Å². The number of ether oxygens (including phenoxy) is 2. The molecule has 0 aromatic heterocycles. The Kier molecular flexibility index (Phi) is 7.44. The molecule has 1 heterocycles. The van der Waals surface area contributed by atoms with Crippen LogP contribution in [0, 0.1) is 18.8 Å². The Bertz CT molecular complexity index is 961. The van der Waals surface area contributed by atoms with E-state index < -0.39 is 5.91 Å². The van der Waals surface area contributed by atoms with E-state index in [0.717, 1.165) is 36.2 Å². The second kappa shape index (κ2) is 10.1. The minimum absolute atomic E-state index is 0.129. The number of benzene rings is 2. The molecule has 0 aliphatic carbocycles. The molecular formula is C26H34N2O4.